The molecule has 200 valence electrons. The maximum atomic E-state index is 6.16. The Bertz CT molecular complexity index is 864. The van der Waals surface area contributed by atoms with Gasteiger partial charge in [-0.3, -0.25) is 4.90 Å². The van der Waals surface area contributed by atoms with E-state index in [1.54, 1.807) is 27.4 Å². The number of allylic oxidation sites excluding steroid dienone is 1. The summed E-state index contributed by atoms with van der Waals surface area (Å²) < 4.78 is 15.7. The van der Waals surface area contributed by atoms with Gasteiger partial charge in [-0.15, -0.1) is 6.58 Å². The maximum Gasteiger partial charge on any atom is 0.119 e. The van der Waals surface area contributed by atoms with Gasteiger partial charge in [-0.25, -0.2) is 0 Å². The average Bonchev–Trinajstić information content (AvgIpc) is 2.92. The van der Waals surface area contributed by atoms with E-state index in [-0.39, 0.29) is 6.10 Å². The number of nitrogens with one attached hydrogen (secondary N) is 1. The molecule has 1 atom stereocenters. The summed E-state index contributed by atoms with van der Waals surface area (Å²) in [6.45, 7) is 14.8. The Morgan fingerprint density at radius 3 is 2.33 bits per heavy atom. The number of fused-ring (bicyclic) bond motifs is 1. The summed E-state index contributed by atoms with van der Waals surface area (Å²) in [5, 5.41) is 3.51. The first-order chi connectivity index (χ1) is 17.6. The number of nitrogens with zero attached hydrogens (tertiary/aromatic N) is 2. The molecule has 1 unspecified atom stereocenters. The number of hydrogen-bond acceptors (Lipinski definition) is 6. The lowest BCUT2D eigenvalue weighted by Gasteiger charge is -2.37. The van der Waals surface area contributed by atoms with Crippen LogP contribution in [0.2, 0.25) is 0 Å². The molecule has 0 aliphatic carbocycles. The summed E-state index contributed by atoms with van der Waals surface area (Å²) in [4.78, 5) is 5.04. The van der Waals surface area contributed by atoms with E-state index >= 15 is 0 Å². The first-order valence-corrected chi connectivity index (χ1v) is 13.2. The molecule has 6 heteroatoms. The van der Waals surface area contributed by atoms with Gasteiger partial charge in [0, 0.05) is 64.9 Å². The zero-order valence-electron chi connectivity index (χ0n) is 23.1. The topological polar surface area (TPSA) is 46.2 Å². The molecule has 1 N–H and O–H groups in total. The maximum absolute atomic E-state index is 6.16. The van der Waals surface area contributed by atoms with Crippen molar-refractivity contribution >= 4 is 11.4 Å². The zero-order chi connectivity index (χ0) is 26.2. The van der Waals surface area contributed by atoms with Crippen molar-refractivity contribution < 1.29 is 14.2 Å². The molecule has 6 nitrogen and oxygen atoms in total. The first-order valence-electron chi connectivity index (χ1n) is 13.2. The number of methoxy groups -OCH3 is 2. The smallest absolute Gasteiger partial charge is 0.119 e. The van der Waals surface area contributed by atoms with E-state index in [1.807, 2.05) is 19.1 Å². The fourth-order valence-corrected chi connectivity index (χ4v) is 4.48. The molecule has 4 rings (SSSR count). The van der Waals surface area contributed by atoms with Crippen molar-refractivity contribution in [3.8, 4) is 5.75 Å². The lowest BCUT2D eigenvalue weighted by atomic mass is 9.95. The fraction of sp³-hybridized carbons (Fsp3) is 0.533. The van der Waals surface area contributed by atoms with Crippen LogP contribution in [0.1, 0.15) is 43.9 Å². The van der Waals surface area contributed by atoms with E-state index in [1.165, 1.54) is 22.5 Å². The molecule has 1 fully saturated rings. The normalized spacial score (nSPS) is 17.0. The summed E-state index contributed by atoms with van der Waals surface area (Å²) in [5.74, 6) is 0.915. The molecule has 0 aromatic heterocycles. The fourth-order valence-electron chi connectivity index (χ4n) is 4.48. The first kappa shape index (κ1) is 29.7. The summed E-state index contributed by atoms with van der Waals surface area (Å²) in [7, 11) is 4.96. The van der Waals surface area contributed by atoms with Gasteiger partial charge in [0.25, 0.3) is 0 Å². The summed E-state index contributed by atoms with van der Waals surface area (Å²) in [5.41, 5.74) is 5.37. The van der Waals surface area contributed by atoms with Crippen LogP contribution in [0.4, 0.5) is 11.4 Å². The van der Waals surface area contributed by atoms with Crippen molar-refractivity contribution in [3.05, 3.63) is 66.2 Å². The molecule has 0 amide bonds. The van der Waals surface area contributed by atoms with Gasteiger partial charge in [0.05, 0.1) is 19.8 Å². The number of ether oxygens (including phenoxy) is 3. The van der Waals surface area contributed by atoms with Gasteiger partial charge in [0.2, 0.25) is 0 Å². The van der Waals surface area contributed by atoms with Gasteiger partial charge >= 0.3 is 0 Å². The summed E-state index contributed by atoms with van der Waals surface area (Å²) >= 11 is 0. The minimum absolute atomic E-state index is 0.230. The lowest BCUT2D eigenvalue weighted by molar-refractivity contribution is 0.0289. The molecule has 1 saturated heterocycles. The molecule has 2 aromatic carbocycles. The zero-order valence-corrected chi connectivity index (χ0v) is 23.1. The predicted octanol–water partition coefficient (Wildman–Crippen LogP) is 5.80. The Hall–Kier alpha value is -2.54. The lowest BCUT2D eigenvalue weighted by Crippen LogP contribution is -2.46. The quantitative estimate of drug-likeness (QED) is 0.465. The van der Waals surface area contributed by atoms with E-state index in [0.29, 0.717) is 0 Å². The Morgan fingerprint density at radius 2 is 1.72 bits per heavy atom. The van der Waals surface area contributed by atoms with Gasteiger partial charge in [-0.1, -0.05) is 19.1 Å². The van der Waals surface area contributed by atoms with E-state index in [2.05, 4.69) is 63.7 Å². The molecule has 2 aliphatic rings. The van der Waals surface area contributed by atoms with Crippen LogP contribution in [0.3, 0.4) is 0 Å². The Morgan fingerprint density at radius 1 is 1.06 bits per heavy atom. The number of benzene rings is 2. The standard InChI is InChI=1S/C25H35N3O2.C3H6.C2H6O/c1-3-12-26-21-4-9-24-20(19-21)11-18-30-25(24)10-13-27-14-16-28(17-15-27)22-5-7-23(29-2)8-6-22;2*1-3-2/h4-9,19,25-26H,3,10-18H2,1-2H3;3H,1H2,2H3;1-2H3. The minimum Gasteiger partial charge on any atom is -0.497 e. The van der Waals surface area contributed by atoms with Crippen LogP contribution in [-0.2, 0) is 15.9 Å². The van der Waals surface area contributed by atoms with Gasteiger partial charge in [-0.2, -0.15) is 0 Å². The van der Waals surface area contributed by atoms with Crippen LogP contribution < -0.4 is 15.0 Å². The molecular formula is C30H47N3O3. The predicted molar refractivity (Wildman–Crippen MR) is 153 cm³/mol. The van der Waals surface area contributed by atoms with Crippen LogP contribution in [0.5, 0.6) is 5.75 Å². The van der Waals surface area contributed by atoms with Crippen molar-refractivity contribution in [3.63, 3.8) is 0 Å². The van der Waals surface area contributed by atoms with E-state index in [9.17, 15) is 0 Å². The number of rotatable bonds is 8. The number of piperazine rings is 1. The molecule has 0 bridgehead atoms. The number of anilines is 2. The van der Waals surface area contributed by atoms with E-state index < -0.39 is 0 Å². The third-order valence-electron chi connectivity index (χ3n) is 6.28. The largest absolute Gasteiger partial charge is 0.497 e. The van der Waals surface area contributed by atoms with Crippen molar-refractivity contribution in [2.24, 2.45) is 0 Å². The van der Waals surface area contributed by atoms with Crippen molar-refractivity contribution in [2.75, 3.05) is 77.4 Å². The van der Waals surface area contributed by atoms with Crippen LogP contribution in [-0.4, -0.2) is 72.1 Å². The van der Waals surface area contributed by atoms with Crippen molar-refractivity contribution in [2.45, 2.75) is 39.2 Å². The third-order valence-corrected chi connectivity index (χ3v) is 6.28. The van der Waals surface area contributed by atoms with Crippen LogP contribution >= 0.6 is 0 Å². The Kier molecular flexibility index (Phi) is 14.0. The van der Waals surface area contributed by atoms with Crippen LogP contribution in [0.25, 0.3) is 0 Å². The second-order valence-corrected chi connectivity index (χ2v) is 9.08. The summed E-state index contributed by atoms with van der Waals surface area (Å²) in [6.07, 6.45) is 5.22. The molecule has 0 saturated carbocycles. The minimum atomic E-state index is 0.230. The highest BCUT2D eigenvalue weighted by Gasteiger charge is 2.23. The van der Waals surface area contributed by atoms with Crippen LogP contribution in [0.15, 0.2) is 55.1 Å². The highest BCUT2D eigenvalue weighted by atomic mass is 16.5. The van der Waals surface area contributed by atoms with Crippen molar-refractivity contribution in [1.29, 1.82) is 0 Å². The molecule has 2 heterocycles. The molecule has 2 aromatic rings. The van der Waals surface area contributed by atoms with Gasteiger partial charge in [0.1, 0.15) is 5.75 Å². The molecule has 36 heavy (non-hydrogen) atoms. The Labute approximate surface area is 219 Å². The number of hydrogen-bond donors (Lipinski definition) is 1. The van der Waals surface area contributed by atoms with Crippen LogP contribution in [0, 0.1) is 0 Å². The molecular weight excluding hydrogens is 450 g/mol. The molecule has 0 radical (unpaired) electrons. The molecule has 2 aliphatic heterocycles. The monoisotopic (exact) mass is 497 g/mol. The Balaban J connectivity index is 0.000000693. The average molecular weight is 498 g/mol. The highest BCUT2D eigenvalue weighted by Crippen LogP contribution is 2.32. The molecule has 0 spiro atoms. The third kappa shape index (κ3) is 9.49. The SMILES string of the molecule is C=CC.CCCNc1ccc2c(c1)CCOC2CCN1CCN(c2ccc(OC)cc2)CC1.COC. The van der Waals surface area contributed by atoms with Gasteiger partial charge in [0.15, 0.2) is 0 Å². The van der Waals surface area contributed by atoms with Gasteiger partial charge in [-0.05, 0) is 73.7 Å². The van der Waals surface area contributed by atoms with Gasteiger partial charge < -0.3 is 24.4 Å². The van der Waals surface area contributed by atoms with E-state index in [4.69, 9.17) is 9.47 Å². The second-order valence-electron chi connectivity index (χ2n) is 9.08. The highest BCUT2D eigenvalue weighted by molar-refractivity contribution is 5.50. The van der Waals surface area contributed by atoms with E-state index in [0.717, 1.165) is 70.9 Å². The van der Waals surface area contributed by atoms with Crippen molar-refractivity contribution in [1.82, 2.24) is 4.90 Å². The second kappa shape index (κ2) is 17.0. The summed E-state index contributed by atoms with van der Waals surface area (Å²) in [6, 6.07) is 15.2.